The molecular weight excluding hydrogens is 398 g/mol. The molecule has 1 aromatic heterocycles. The lowest BCUT2D eigenvalue weighted by atomic mass is 9.97. The fraction of sp³-hybridized carbons (Fsp3) is 0.348. The maximum atomic E-state index is 13.3. The Kier molecular flexibility index (Phi) is 5.00. The quantitative estimate of drug-likeness (QED) is 0.600. The van der Waals surface area contributed by atoms with Gasteiger partial charge in [-0.3, -0.25) is 14.5 Å². The van der Waals surface area contributed by atoms with Gasteiger partial charge in [-0.05, 0) is 43.7 Å². The van der Waals surface area contributed by atoms with E-state index in [-0.39, 0.29) is 18.2 Å². The first kappa shape index (κ1) is 19.2. The van der Waals surface area contributed by atoms with Gasteiger partial charge in [-0.25, -0.2) is 9.88 Å². The van der Waals surface area contributed by atoms with Crippen LogP contribution in [0, 0.1) is 0 Å². The predicted molar refractivity (Wildman–Crippen MR) is 117 cm³/mol. The highest BCUT2D eigenvalue weighted by Crippen LogP contribution is 2.37. The molecule has 2 atom stereocenters. The van der Waals surface area contributed by atoms with E-state index < -0.39 is 6.04 Å². The SMILES string of the molecule is COc1ccccc1N1C(=O)CC(N2CCCC(c3nc4ccccc4s3)C2)C1=O. The number of methoxy groups -OCH3 is 1. The van der Waals surface area contributed by atoms with E-state index in [1.165, 1.54) is 9.60 Å². The number of rotatable bonds is 4. The van der Waals surface area contributed by atoms with Gasteiger partial charge in [0.15, 0.2) is 0 Å². The first-order valence-corrected chi connectivity index (χ1v) is 11.1. The monoisotopic (exact) mass is 421 g/mol. The summed E-state index contributed by atoms with van der Waals surface area (Å²) >= 11 is 1.74. The van der Waals surface area contributed by atoms with E-state index in [1.54, 1.807) is 30.6 Å². The summed E-state index contributed by atoms with van der Waals surface area (Å²) in [4.78, 5) is 34.4. The number of carbonyl (C=O) groups is 2. The molecule has 2 aliphatic heterocycles. The van der Waals surface area contributed by atoms with Crippen LogP contribution in [0.2, 0.25) is 0 Å². The number of likely N-dealkylation sites (tertiary alicyclic amines) is 1. The molecule has 6 nitrogen and oxygen atoms in total. The molecule has 2 fully saturated rings. The smallest absolute Gasteiger partial charge is 0.251 e. The maximum absolute atomic E-state index is 13.3. The molecule has 3 heterocycles. The molecule has 0 radical (unpaired) electrons. The summed E-state index contributed by atoms with van der Waals surface area (Å²) in [6.07, 6.45) is 2.26. The number of hydrogen-bond donors (Lipinski definition) is 0. The van der Waals surface area contributed by atoms with Crippen molar-refractivity contribution in [1.29, 1.82) is 0 Å². The van der Waals surface area contributed by atoms with Crippen LogP contribution in [0.25, 0.3) is 10.2 Å². The average Bonchev–Trinajstić information content (AvgIpc) is 3.34. The molecular formula is C23H23N3O3S. The normalized spacial score (nSPS) is 22.8. The second-order valence-corrected chi connectivity index (χ2v) is 8.88. The van der Waals surface area contributed by atoms with Gasteiger partial charge < -0.3 is 4.74 Å². The van der Waals surface area contributed by atoms with E-state index in [1.807, 2.05) is 30.3 Å². The van der Waals surface area contributed by atoms with E-state index in [0.717, 1.165) is 36.5 Å². The number of hydrogen-bond acceptors (Lipinski definition) is 6. The molecule has 5 rings (SSSR count). The molecule has 2 aliphatic rings. The van der Waals surface area contributed by atoms with Gasteiger partial charge in [0, 0.05) is 12.5 Å². The van der Waals surface area contributed by atoms with Gasteiger partial charge in [0.1, 0.15) is 5.75 Å². The van der Waals surface area contributed by atoms with E-state index >= 15 is 0 Å². The predicted octanol–water partition coefficient (Wildman–Crippen LogP) is 3.82. The van der Waals surface area contributed by atoms with Gasteiger partial charge in [0.25, 0.3) is 5.91 Å². The number of ether oxygens (including phenoxy) is 1. The molecule has 0 bridgehead atoms. The third kappa shape index (κ3) is 3.28. The topological polar surface area (TPSA) is 62.7 Å². The number of nitrogens with zero attached hydrogens (tertiary/aromatic N) is 3. The number of para-hydroxylation sites is 3. The second-order valence-electron chi connectivity index (χ2n) is 7.81. The molecule has 7 heteroatoms. The standard InChI is InChI=1S/C23H23N3O3S/c1-29-19-10-4-3-9-17(19)26-21(27)13-18(23(26)28)25-12-6-7-15(14-25)22-24-16-8-2-5-11-20(16)30-22/h2-5,8-11,15,18H,6-7,12-14H2,1H3. The first-order valence-electron chi connectivity index (χ1n) is 10.2. The highest BCUT2D eigenvalue weighted by Gasteiger charge is 2.44. The Morgan fingerprint density at radius 3 is 2.73 bits per heavy atom. The number of fused-ring (bicyclic) bond motifs is 1. The Labute approximate surface area is 179 Å². The zero-order valence-electron chi connectivity index (χ0n) is 16.8. The van der Waals surface area contributed by atoms with Crippen molar-refractivity contribution >= 4 is 39.1 Å². The Balaban J connectivity index is 1.37. The van der Waals surface area contributed by atoms with E-state index in [2.05, 4.69) is 11.0 Å². The average molecular weight is 422 g/mol. The number of aromatic nitrogens is 1. The molecule has 0 aliphatic carbocycles. The van der Waals surface area contributed by atoms with Crippen LogP contribution in [0.15, 0.2) is 48.5 Å². The molecule has 3 aromatic rings. The highest BCUT2D eigenvalue weighted by atomic mass is 32.1. The minimum atomic E-state index is -0.417. The van der Waals surface area contributed by atoms with Gasteiger partial charge in [0.2, 0.25) is 5.91 Å². The lowest BCUT2D eigenvalue weighted by Gasteiger charge is -2.34. The number of carbonyl (C=O) groups excluding carboxylic acids is 2. The van der Waals surface area contributed by atoms with Crippen molar-refractivity contribution in [2.24, 2.45) is 0 Å². The number of piperidine rings is 1. The lowest BCUT2D eigenvalue weighted by molar-refractivity contribution is -0.123. The van der Waals surface area contributed by atoms with E-state index in [0.29, 0.717) is 17.4 Å². The number of amides is 2. The summed E-state index contributed by atoms with van der Waals surface area (Å²) in [7, 11) is 1.55. The molecule has 0 saturated carbocycles. The van der Waals surface area contributed by atoms with Gasteiger partial charge in [0.05, 0.1) is 40.5 Å². The van der Waals surface area contributed by atoms with Crippen molar-refractivity contribution in [1.82, 2.24) is 9.88 Å². The summed E-state index contributed by atoms with van der Waals surface area (Å²) in [5.41, 5.74) is 1.56. The Morgan fingerprint density at radius 1 is 1.10 bits per heavy atom. The fourth-order valence-electron chi connectivity index (χ4n) is 4.52. The van der Waals surface area contributed by atoms with Crippen molar-refractivity contribution in [3.8, 4) is 5.75 Å². The minimum absolute atomic E-state index is 0.158. The van der Waals surface area contributed by atoms with Crippen molar-refractivity contribution in [3.05, 3.63) is 53.5 Å². The zero-order valence-corrected chi connectivity index (χ0v) is 17.6. The van der Waals surface area contributed by atoms with Crippen LogP contribution in [0.3, 0.4) is 0 Å². The van der Waals surface area contributed by atoms with Gasteiger partial charge in [-0.2, -0.15) is 0 Å². The highest BCUT2D eigenvalue weighted by molar-refractivity contribution is 7.18. The maximum Gasteiger partial charge on any atom is 0.251 e. The molecule has 2 unspecified atom stereocenters. The zero-order chi connectivity index (χ0) is 20.7. The van der Waals surface area contributed by atoms with Crippen LogP contribution in [0.5, 0.6) is 5.75 Å². The molecule has 0 spiro atoms. The summed E-state index contributed by atoms with van der Waals surface area (Å²) in [5, 5.41) is 1.12. The van der Waals surface area contributed by atoms with E-state index in [4.69, 9.17) is 9.72 Å². The van der Waals surface area contributed by atoms with E-state index in [9.17, 15) is 9.59 Å². The van der Waals surface area contributed by atoms with Gasteiger partial charge >= 0.3 is 0 Å². The van der Waals surface area contributed by atoms with Crippen LogP contribution in [0.4, 0.5) is 5.69 Å². The molecule has 2 amide bonds. The number of benzene rings is 2. The molecule has 2 aromatic carbocycles. The number of thiazole rings is 1. The number of imide groups is 1. The van der Waals surface area contributed by atoms with Gasteiger partial charge in [-0.1, -0.05) is 24.3 Å². The third-order valence-corrected chi connectivity index (χ3v) is 7.20. The summed E-state index contributed by atoms with van der Waals surface area (Å²) in [6.45, 7) is 1.58. The number of anilines is 1. The lowest BCUT2D eigenvalue weighted by Crippen LogP contribution is -2.46. The van der Waals surface area contributed by atoms with Gasteiger partial charge in [-0.15, -0.1) is 11.3 Å². The van der Waals surface area contributed by atoms with Crippen molar-refractivity contribution in [2.45, 2.75) is 31.2 Å². The van der Waals surface area contributed by atoms with Crippen LogP contribution < -0.4 is 9.64 Å². The van der Waals surface area contributed by atoms with Crippen LogP contribution in [-0.4, -0.2) is 47.9 Å². The first-order chi connectivity index (χ1) is 14.7. The summed E-state index contributed by atoms with van der Waals surface area (Å²) in [5.74, 6) is 0.497. The van der Waals surface area contributed by atoms with Crippen LogP contribution in [0.1, 0.15) is 30.2 Å². The molecule has 154 valence electrons. The summed E-state index contributed by atoms with van der Waals surface area (Å²) < 4.78 is 6.57. The molecule has 30 heavy (non-hydrogen) atoms. The second kappa shape index (κ2) is 7.81. The van der Waals surface area contributed by atoms with Crippen LogP contribution in [-0.2, 0) is 9.59 Å². The third-order valence-electron chi connectivity index (χ3n) is 6.00. The fourth-order valence-corrected chi connectivity index (χ4v) is 5.62. The molecule has 0 N–H and O–H groups in total. The van der Waals surface area contributed by atoms with Crippen molar-refractivity contribution in [3.63, 3.8) is 0 Å². The minimum Gasteiger partial charge on any atom is -0.495 e. The van der Waals surface area contributed by atoms with Crippen molar-refractivity contribution in [2.75, 3.05) is 25.1 Å². The van der Waals surface area contributed by atoms with Crippen LogP contribution >= 0.6 is 11.3 Å². The van der Waals surface area contributed by atoms with Crippen molar-refractivity contribution < 1.29 is 14.3 Å². The summed E-state index contributed by atoms with van der Waals surface area (Å²) in [6, 6.07) is 14.9. The Hall–Kier alpha value is -2.77. The Morgan fingerprint density at radius 2 is 1.90 bits per heavy atom. The largest absolute Gasteiger partial charge is 0.495 e. The Bertz CT molecular complexity index is 1080. The molecule has 2 saturated heterocycles.